The normalized spacial score (nSPS) is 14.3. The van der Waals surface area contributed by atoms with Crippen molar-refractivity contribution in [3.63, 3.8) is 0 Å². The van der Waals surface area contributed by atoms with Crippen LogP contribution in [0.2, 0.25) is 0 Å². The smallest absolute Gasteiger partial charge is 0.000711 e. The van der Waals surface area contributed by atoms with Crippen molar-refractivity contribution in [1.82, 2.24) is 0 Å². The average molecular weight is 264 g/mol. The molecule has 0 saturated carbocycles. The van der Waals surface area contributed by atoms with E-state index in [2.05, 4.69) is 87.5 Å². The third-order valence-electron chi connectivity index (χ3n) is 4.03. The highest BCUT2D eigenvalue weighted by Gasteiger charge is 2.06. The highest BCUT2D eigenvalue weighted by Crippen LogP contribution is 2.25. The van der Waals surface area contributed by atoms with Crippen LogP contribution in [0.5, 0.6) is 0 Å². The van der Waals surface area contributed by atoms with Gasteiger partial charge in [0.15, 0.2) is 0 Å². The molecule has 0 N–H and O–H groups in total. The molecular formula is C20H24. The summed E-state index contributed by atoms with van der Waals surface area (Å²) in [6, 6.07) is 19.4. The van der Waals surface area contributed by atoms with Crippen LogP contribution in [0, 0.1) is 0 Å². The second-order valence-corrected chi connectivity index (χ2v) is 5.50. The predicted molar refractivity (Wildman–Crippen MR) is 89.0 cm³/mol. The Morgan fingerprint density at radius 2 is 1.55 bits per heavy atom. The van der Waals surface area contributed by atoms with Crippen LogP contribution < -0.4 is 0 Å². The van der Waals surface area contributed by atoms with Crippen molar-refractivity contribution >= 4 is 6.08 Å². The van der Waals surface area contributed by atoms with Gasteiger partial charge in [0.1, 0.15) is 0 Å². The summed E-state index contributed by atoms with van der Waals surface area (Å²) in [6.07, 6.45) is 5.76. The van der Waals surface area contributed by atoms with Gasteiger partial charge in [0.2, 0.25) is 0 Å². The minimum Gasteiger partial charge on any atom is -0.0767 e. The maximum atomic E-state index is 2.30. The van der Waals surface area contributed by atoms with Crippen molar-refractivity contribution in [2.75, 3.05) is 0 Å². The summed E-state index contributed by atoms with van der Waals surface area (Å²) in [5.41, 5.74) is 4.17. The van der Waals surface area contributed by atoms with Crippen molar-refractivity contribution in [3.05, 3.63) is 77.4 Å². The lowest BCUT2D eigenvalue weighted by atomic mass is 9.92. The molecule has 2 unspecified atom stereocenters. The van der Waals surface area contributed by atoms with Gasteiger partial charge in [-0.2, -0.15) is 0 Å². The molecule has 2 aromatic carbocycles. The Hall–Kier alpha value is -1.82. The van der Waals surface area contributed by atoms with Crippen LogP contribution >= 0.6 is 0 Å². The molecule has 0 bridgehead atoms. The van der Waals surface area contributed by atoms with E-state index in [1.807, 2.05) is 0 Å². The molecule has 104 valence electrons. The Morgan fingerprint density at radius 1 is 0.900 bits per heavy atom. The lowest BCUT2D eigenvalue weighted by Gasteiger charge is -2.13. The zero-order valence-electron chi connectivity index (χ0n) is 12.7. The molecule has 0 aliphatic rings. The SMILES string of the molecule is CCC(C)c1ccccc1C=CC(C)c1ccccc1. The number of allylic oxidation sites excluding steroid dienone is 1. The quantitative estimate of drug-likeness (QED) is 0.619. The zero-order valence-corrected chi connectivity index (χ0v) is 12.7. The average Bonchev–Trinajstić information content (AvgIpc) is 2.53. The number of benzene rings is 2. The summed E-state index contributed by atoms with van der Waals surface area (Å²) in [6.45, 7) is 6.79. The fourth-order valence-corrected chi connectivity index (χ4v) is 2.45. The summed E-state index contributed by atoms with van der Waals surface area (Å²) in [7, 11) is 0. The van der Waals surface area contributed by atoms with Crippen LogP contribution in [0.1, 0.15) is 55.7 Å². The molecule has 2 atom stereocenters. The van der Waals surface area contributed by atoms with Crippen LogP contribution in [0.15, 0.2) is 60.7 Å². The van der Waals surface area contributed by atoms with E-state index in [1.54, 1.807) is 0 Å². The molecule has 20 heavy (non-hydrogen) atoms. The Morgan fingerprint density at radius 3 is 2.25 bits per heavy atom. The summed E-state index contributed by atoms with van der Waals surface area (Å²) >= 11 is 0. The molecule has 0 fully saturated rings. The maximum absolute atomic E-state index is 2.30. The lowest BCUT2D eigenvalue weighted by Crippen LogP contribution is -1.95. The van der Waals surface area contributed by atoms with E-state index in [1.165, 1.54) is 23.1 Å². The second-order valence-electron chi connectivity index (χ2n) is 5.50. The fraction of sp³-hybridized carbons (Fsp3) is 0.300. The Kier molecular flexibility index (Phi) is 5.17. The first-order chi connectivity index (χ1) is 9.72. The first-order valence-electron chi connectivity index (χ1n) is 7.54. The van der Waals surface area contributed by atoms with E-state index < -0.39 is 0 Å². The lowest BCUT2D eigenvalue weighted by molar-refractivity contribution is 0.732. The van der Waals surface area contributed by atoms with Gasteiger partial charge in [-0.15, -0.1) is 0 Å². The van der Waals surface area contributed by atoms with Gasteiger partial charge in [0, 0.05) is 0 Å². The molecule has 2 rings (SSSR count). The minimum absolute atomic E-state index is 0.446. The van der Waals surface area contributed by atoms with Crippen LogP contribution in [-0.4, -0.2) is 0 Å². The van der Waals surface area contributed by atoms with E-state index in [0.717, 1.165) is 0 Å². The topological polar surface area (TPSA) is 0 Å². The minimum atomic E-state index is 0.446. The summed E-state index contributed by atoms with van der Waals surface area (Å²) in [4.78, 5) is 0. The standard InChI is InChI=1S/C20H24/c1-4-16(2)20-13-9-8-12-19(20)15-14-17(3)18-10-6-5-7-11-18/h5-17H,4H2,1-3H3. The van der Waals surface area contributed by atoms with E-state index >= 15 is 0 Å². The Labute approximate surface area is 123 Å². The van der Waals surface area contributed by atoms with Crippen LogP contribution in [-0.2, 0) is 0 Å². The second kappa shape index (κ2) is 7.09. The molecule has 0 heteroatoms. The molecule has 0 aromatic heterocycles. The molecule has 0 heterocycles. The monoisotopic (exact) mass is 264 g/mol. The van der Waals surface area contributed by atoms with E-state index in [9.17, 15) is 0 Å². The molecule has 0 spiro atoms. The molecule has 0 saturated heterocycles. The number of rotatable bonds is 5. The summed E-state index contributed by atoms with van der Waals surface area (Å²) < 4.78 is 0. The van der Waals surface area contributed by atoms with Crippen molar-refractivity contribution in [2.45, 2.75) is 39.0 Å². The fourth-order valence-electron chi connectivity index (χ4n) is 2.45. The van der Waals surface area contributed by atoms with Gasteiger partial charge in [-0.05, 0) is 34.9 Å². The van der Waals surface area contributed by atoms with Gasteiger partial charge in [0.05, 0.1) is 0 Å². The van der Waals surface area contributed by atoms with Crippen LogP contribution in [0.25, 0.3) is 6.08 Å². The third-order valence-corrected chi connectivity index (χ3v) is 4.03. The molecule has 0 aliphatic heterocycles. The predicted octanol–water partition coefficient (Wildman–Crippen LogP) is 6.02. The summed E-state index contributed by atoms with van der Waals surface area (Å²) in [5.74, 6) is 1.06. The number of hydrogen-bond donors (Lipinski definition) is 0. The molecule has 0 radical (unpaired) electrons. The highest BCUT2D eigenvalue weighted by atomic mass is 14.1. The van der Waals surface area contributed by atoms with E-state index in [4.69, 9.17) is 0 Å². The van der Waals surface area contributed by atoms with Crippen molar-refractivity contribution < 1.29 is 0 Å². The van der Waals surface area contributed by atoms with Crippen molar-refractivity contribution in [1.29, 1.82) is 0 Å². The van der Waals surface area contributed by atoms with Gasteiger partial charge in [-0.1, -0.05) is 87.5 Å². The third kappa shape index (κ3) is 3.60. The van der Waals surface area contributed by atoms with Crippen molar-refractivity contribution in [2.24, 2.45) is 0 Å². The first-order valence-corrected chi connectivity index (χ1v) is 7.54. The van der Waals surface area contributed by atoms with Gasteiger partial charge in [0.25, 0.3) is 0 Å². The van der Waals surface area contributed by atoms with Gasteiger partial charge >= 0.3 is 0 Å². The van der Waals surface area contributed by atoms with Gasteiger partial charge in [-0.25, -0.2) is 0 Å². The summed E-state index contributed by atoms with van der Waals surface area (Å²) in [5, 5.41) is 0. The van der Waals surface area contributed by atoms with Gasteiger partial charge < -0.3 is 0 Å². The first kappa shape index (κ1) is 14.6. The molecule has 0 aliphatic carbocycles. The zero-order chi connectivity index (χ0) is 14.4. The largest absolute Gasteiger partial charge is 0.0767 e. The molecule has 2 aromatic rings. The Balaban J connectivity index is 2.19. The van der Waals surface area contributed by atoms with Crippen LogP contribution in [0.3, 0.4) is 0 Å². The molecule has 0 nitrogen and oxygen atoms in total. The van der Waals surface area contributed by atoms with Crippen molar-refractivity contribution in [3.8, 4) is 0 Å². The van der Waals surface area contributed by atoms with Gasteiger partial charge in [-0.3, -0.25) is 0 Å². The molecular weight excluding hydrogens is 240 g/mol. The maximum Gasteiger partial charge on any atom is -0.000711 e. The highest BCUT2D eigenvalue weighted by molar-refractivity contribution is 5.55. The molecule has 0 amide bonds. The van der Waals surface area contributed by atoms with Crippen LogP contribution in [0.4, 0.5) is 0 Å². The number of hydrogen-bond acceptors (Lipinski definition) is 0. The van der Waals surface area contributed by atoms with E-state index in [0.29, 0.717) is 11.8 Å². The Bertz CT molecular complexity index is 551. The van der Waals surface area contributed by atoms with E-state index in [-0.39, 0.29) is 0 Å².